The van der Waals surface area contributed by atoms with Crippen molar-refractivity contribution in [3.63, 3.8) is 0 Å². The molecule has 2 amide bonds. The smallest absolute Gasteiger partial charge is 0.279 e. The second kappa shape index (κ2) is 11.0. The average molecular weight is 471 g/mol. The highest BCUT2D eigenvalue weighted by atomic mass is 19.1. The number of amides is 2. The molecule has 1 aromatic heterocycles. The van der Waals surface area contributed by atoms with Gasteiger partial charge in [-0.25, -0.2) is 9.37 Å². The minimum atomic E-state index is -1.14. The molecule has 0 fully saturated rings. The second-order valence-corrected chi connectivity index (χ2v) is 7.47. The molecule has 35 heavy (non-hydrogen) atoms. The van der Waals surface area contributed by atoms with Gasteiger partial charge in [0.1, 0.15) is 23.3 Å². The monoisotopic (exact) mass is 470 g/mol. The topological polar surface area (TPSA) is 84.4 Å². The highest BCUT2D eigenvalue weighted by molar-refractivity contribution is 6.11. The van der Waals surface area contributed by atoms with Gasteiger partial charge in [-0.15, -0.1) is 0 Å². The summed E-state index contributed by atoms with van der Waals surface area (Å²) in [6.07, 6.45) is 4.23. The van der Waals surface area contributed by atoms with Crippen LogP contribution in [0.3, 0.4) is 0 Å². The number of rotatable bonds is 8. The number of nitrogens with zero attached hydrogens (tertiary/aromatic N) is 3. The first kappa shape index (κ1) is 23.6. The van der Waals surface area contributed by atoms with Crippen molar-refractivity contribution < 1.29 is 18.7 Å². The van der Waals surface area contributed by atoms with Gasteiger partial charge in [0.25, 0.3) is 11.8 Å². The lowest BCUT2D eigenvalue weighted by atomic mass is 10.0. The standard InChI is InChI=1S/C27H23FN4O3/c1-2-35-24-11-7-6-10-22(24)25(26(33)31-20-14-12-19(28)13-15-20)32(21-8-4-3-5-9-21)27(34)23-18-29-16-17-30-23/h3-18,25H,2H2,1H3,(H,31,33)/t25-/m0/s1. The summed E-state index contributed by atoms with van der Waals surface area (Å²) in [4.78, 5) is 37.1. The molecular weight excluding hydrogens is 447 g/mol. The van der Waals surface area contributed by atoms with Crippen molar-refractivity contribution in [2.75, 3.05) is 16.8 Å². The third kappa shape index (κ3) is 5.50. The maximum atomic E-state index is 13.8. The van der Waals surface area contributed by atoms with Gasteiger partial charge in [0.2, 0.25) is 0 Å². The van der Waals surface area contributed by atoms with E-state index in [1.165, 1.54) is 47.8 Å². The highest BCUT2D eigenvalue weighted by Gasteiger charge is 2.36. The zero-order chi connectivity index (χ0) is 24.6. The summed E-state index contributed by atoms with van der Waals surface area (Å²) in [5.74, 6) is -0.994. The Labute approximate surface area is 202 Å². The number of halogens is 1. The van der Waals surface area contributed by atoms with Crippen LogP contribution in [0, 0.1) is 5.82 Å². The molecule has 0 radical (unpaired) electrons. The van der Waals surface area contributed by atoms with Crippen molar-refractivity contribution in [1.29, 1.82) is 0 Å². The van der Waals surface area contributed by atoms with E-state index >= 15 is 0 Å². The molecule has 0 aliphatic carbocycles. The van der Waals surface area contributed by atoms with Crippen molar-refractivity contribution in [2.24, 2.45) is 0 Å². The molecule has 1 heterocycles. The molecule has 7 nitrogen and oxygen atoms in total. The number of aromatic nitrogens is 2. The molecular formula is C27H23FN4O3. The van der Waals surface area contributed by atoms with Crippen molar-refractivity contribution >= 4 is 23.2 Å². The Balaban J connectivity index is 1.87. The maximum Gasteiger partial charge on any atom is 0.279 e. The first-order chi connectivity index (χ1) is 17.1. The van der Waals surface area contributed by atoms with Crippen molar-refractivity contribution in [1.82, 2.24) is 9.97 Å². The van der Waals surface area contributed by atoms with Crippen molar-refractivity contribution in [3.8, 4) is 5.75 Å². The van der Waals surface area contributed by atoms with Gasteiger partial charge in [0.05, 0.1) is 12.8 Å². The summed E-state index contributed by atoms with van der Waals surface area (Å²) in [5, 5.41) is 2.80. The van der Waals surface area contributed by atoms with E-state index < -0.39 is 23.7 Å². The van der Waals surface area contributed by atoms with Crippen LogP contribution in [0.4, 0.5) is 15.8 Å². The summed E-state index contributed by atoms with van der Waals surface area (Å²) in [5.41, 5.74) is 1.42. The number of para-hydroxylation sites is 2. The van der Waals surface area contributed by atoms with E-state index in [1.54, 1.807) is 48.5 Å². The van der Waals surface area contributed by atoms with Crippen LogP contribution in [0.1, 0.15) is 29.0 Å². The Morgan fingerprint density at radius 3 is 2.37 bits per heavy atom. The quantitative estimate of drug-likeness (QED) is 0.390. The van der Waals surface area contributed by atoms with Gasteiger partial charge in [0.15, 0.2) is 0 Å². The summed E-state index contributed by atoms with van der Waals surface area (Å²) >= 11 is 0. The molecule has 0 saturated carbocycles. The molecule has 4 aromatic rings. The van der Waals surface area contributed by atoms with Crippen LogP contribution in [0.25, 0.3) is 0 Å². The number of anilines is 2. The van der Waals surface area contributed by atoms with Gasteiger partial charge in [-0.3, -0.25) is 19.5 Å². The number of hydrogen-bond donors (Lipinski definition) is 1. The van der Waals surface area contributed by atoms with Gasteiger partial charge in [0, 0.05) is 29.3 Å². The fourth-order valence-corrected chi connectivity index (χ4v) is 3.64. The van der Waals surface area contributed by atoms with E-state index in [1.807, 2.05) is 13.0 Å². The largest absolute Gasteiger partial charge is 0.493 e. The molecule has 1 N–H and O–H groups in total. The molecule has 176 valence electrons. The summed E-state index contributed by atoms with van der Waals surface area (Å²) in [6.45, 7) is 2.21. The van der Waals surface area contributed by atoms with E-state index in [-0.39, 0.29) is 5.69 Å². The number of nitrogens with one attached hydrogen (secondary N) is 1. The zero-order valence-corrected chi connectivity index (χ0v) is 19.0. The summed E-state index contributed by atoms with van der Waals surface area (Å²) < 4.78 is 19.2. The van der Waals surface area contributed by atoms with Gasteiger partial charge >= 0.3 is 0 Å². The Kier molecular flexibility index (Phi) is 7.42. The van der Waals surface area contributed by atoms with E-state index in [0.29, 0.717) is 29.3 Å². The molecule has 0 unspecified atom stereocenters. The number of hydrogen-bond acceptors (Lipinski definition) is 5. The molecule has 0 saturated heterocycles. The average Bonchev–Trinajstić information content (AvgIpc) is 2.90. The first-order valence-corrected chi connectivity index (χ1v) is 11.0. The summed E-state index contributed by atoms with van der Waals surface area (Å²) in [7, 11) is 0. The van der Waals surface area contributed by atoms with Gasteiger partial charge in [-0.05, 0) is 49.4 Å². The van der Waals surface area contributed by atoms with Crippen LogP contribution in [0.5, 0.6) is 5.75 Å². The van der Waals surface area contributed by atoms with Crippen LogP contribution in [-0.2, 0) is 4.79 Å². The Morgan fingerprint density at radius 2 is 1.69 bits per heavy atom. The molecule has 1 atom stereocenters. The van der Waals surface area contributed by atoms with Gasteiger partial charge in [-0.2, -0.15) is 0 Å². The highest BCUT2D eigenvalue weighted by Crippen LogP contribution is 2.35. The van der Waals surface area contributed by atoms with Crippen LogP contribution in [-0.4, -0.2) is 28.4 Å². The lowest BCUT2D eigenvalue weighted by Crippen LogP contribution is -2.42. The lowest BCUT2D eigenvalue weighted by Gasteiger charge is -2.32. The molecule has 0 bridgehead atoms. The molecule has 0 spiro atoms. The number of ether oxygens (including phenoxy) is 1. The molecule has 0 aliphatic rings. The SMILES string of the molecule is CCOc1ccccc1[C@@H](C(=O)Nc1ccc(F)cc1)N(C(=O)c1cnccn1)c1ccccc1. The second-order valence-electron chi connectivity index (χ2n) is 7.47. The Bertz CT molecular complexity index is 1280. The van der Waals surface area contributed by atoms with E-state index in [4.69, 9.17) is 4.74 Å². The minimum Gasteiger partial charge on any atom is -0.493 e. The fourth-order valence-electron chi connectivity index (χ4n) is 3.64. The third-order valence-corrected chi connectivity index (χ3v) is 5.17. The summed E-state index contributed by atoms with van der Waals surface area (Å²) in [6, 6.07) is 20.1. The van der Waals surface area contributed by atoms with Gasteiger partial charge in [-0.1, -0.05) is 36.4 Å². The van der Waals surface area contributed by atoms with E-state index in [0.717, 1.165) is 0 Å². The van der Waals surface area contributed by atoms with Crippen LogP contribution < -0.4 is 15.0 Å². The van der Waals surface area contributed by atoms with E-state index in [9.17, 15) is 14.0 Å². The molecule has 4 rings (SSSR count). The van der Waals surface area contributed by atoms with Crippen LogP contribution >= 0.6 is 0 Å². The van der Waals surface area contributed by atoms with E-state index in [2.05, 4.69) is 15.3 Å². The molecule has 8 heteroatoms. The van der Waals surface area contributed by atoms with Crippen LogP contribution in [0.2, 0.25) is 0 Å². The lowest BCUT2D eigenvalue weighted by molar-refractivity contribution is -0.117. The predicted octanol–water partition coefficient (Wildman–Crippen LogP) is 5.04. The third-order valence-electron chi connectivity index (χ3n) is 5.17. The van der Waals surface area contributed by atoms with Crippen LogP contribution in [0.15, 0.2) is 97.5 Å². The fraction of sp³-hybridized carbons (Fsp3) is 0.111. The normalized spacial score (nSPS) is 11.4. The number of carbonyl (C=O) groups excluding carboxylic acids is 2. The minimum absolute atomic E-state index is 0.0739. The predicted molar refractivity (Wildman–Crippen MR) is 131 cm³/mol. The Morgan fingerprint density at radius 1 is 0.971 bits per heavy atom. The van der Waals surface area contributed by atoms with Gasteiger partial charge < -0.3 is 10.1 Å². The maximum absolute atomic E-state index is 13.8. The number of carbonyl (C=O) groups is 2. The Hall–Kier alpha value is -4.59. The van der Waals surface area contributed by atoms with Crippen molar-refractivity contribution in [3.05, 3.63) is 115 Å². The first-order valence-electron chi connectivity index (χ1n) is 11.0. The number of benzene rings is 3. The van der Waals surface area contributed by atoms with Crippen molar-refractivity contribution in [2.45, 2.75) is 13.0 Å². The molecule has 0 aliphatic heterocycles. The zero-order valence-electron chi connectivity index (χ0n) is 19.0. The molecule has 3 aromatic carbocycles.